The predicted molar refractivity (Wildman–Crippen MR) is 115 cm³/mol. The summed E-state index contributed by atoms with van der Waals surface area (Å²) in [6, 6.07) is 8.96. The molecule has 0 fully saturated rings. The zero-order valence-electron chi connectivity index (χ0n) is 16.8. The molecule has 1 amide bonds. The highest BCUT2D eigenvalue weighted by Gasteiger charge is 2.31. The van der Waals surface area contributed by atoms with Gasteiger partial charge in [0.15, 0.2) is 5.78 Å². The van der Waals surface area contributed by atoms with Gasteiger partial charge in [-0.05, 0) is 36.8 Å². The van der Waals surface area contributed by atoms with Gasteiger partial charge in [0.2, 0.25) is 0 Å². The van der Waals surface area contributed by atoms with E-state index in [1.807, 2.05) is 6.92 Å². The molecule has 1 aliphatic heterocycles. The number of Topliss-reactive ketones (excluding diaryl/α,β-unsaturated/α-hetero) is 1. The highest BCUT2D eigenvalue weighted by molar-refractivity contribution is 7.85. The minimum atomic E-state index is -1.33. The Kier molecular flexibility index (Phi) is 5.19. The molecule has 6 nitrogen and oxygen atoms in total. The highest BCUT2D eigenvalue weighted by Crippen LogP contribution is 2.39. The molecule has 156 valence electrons. The molecule has 0 saturated carbocycles. The van der Waals surface area contributed by atoms with Gasteiger partial charge in [0.25, 0.3) is 5.91 Å². The van der Waals surface area contributed by atoms with Crippen LogP contribution in [-0.2, 0) is 11.0 Å². The Hall–Kier alpha value is -3.00. The molecule has 30 heavy (non-hydrogen) atoms. The van der Waals surface area contributed by atoms with Gasteiger partial charge in [-0.3, -0.25) is 13.9 Å². The number of carbonyl (C=O) groups is 2. The lowest BCUT2D eigenvalue weighted by Gasteiger charge is -2.20. The van der Waals surface area contributed by atoms with Crippen molar-refractivity contribution < 1.29 is 22.6 Å². The van der Waals surface area contributed by atoms with Crippen molar-refractivity contribution in [2.24, 2.45) is 5.92 Å². The quantitative estimate of drug-likeness (QED) is 0.686. The largest absolute Gasteiger partial charge is 0.455 e. The predicted octanol–water partition coefficient (Wildman–Crippen LogP) is 3.92. The second-order valence-electron chi connectivity index (χ2n) is 7.34. The minimum Gasteiger partial charge on any atom is -0.455 e. The van der Waals surface area contributed by atoms with Crippen LogP contribution in [0.5, 0.6) is 0 Å². The first-order valence-electron chi connectivity index (χ1n) is 9.55. The minimum absolute atomic E-state index is 0.0627. The molecule has 0 aliphatic carbocycles. The third-order valence-corrected chi connectivity index (χ3v) is 6.42. The van der Waals surface area contributed by atoms with Gasteiger partial charge in [-0.1, -0.05) is 6.92 Å². The number of nitrogens with one attached hydrogen (secondary N) is 1. The van der Waals surface area contributed by atoms with E-state index in [0.717, 1.165) is 0 Å². The standard InChI is InChI=1S/C22H21FN2O4S/c1-12-8-9-25(30(3)28)17-11-18-16(10-15(17)20(12)26)19(22(27)24-2)21(29-18)13-4-6-14(23)7-5-13/h4-7,10-12H,8-9H2,1-3H3,(H,24,27). The van der Waals surface area contributed by atoms with Crippen LogP contribution in [0.25, 0.3) is 22.3 Å². The molecule has 1 N–H and O–H groups in total. The smallest absolute Gasteiger partial charge is 0.255 e. The van der Waals surface area contributed by atoms with E-state index >= 15 is 0 Å². The monoisotopic (exact) mass is 428 g/mol. The number of carbonyl (C=O) groups excluding carboxylic acids is 2. The normalized spacial score (nSPS) is 17.5. The maximum atomic E-state index is 13.4. The van der Waals surface area contributed by atoms with Crippen molar-refractivity contribution in [2.45, 2.75) is 13.3 Å². The second kappa shape index (κ2) is 7.68. The molecule has 1 aromatic heterocycles. The van der Waals surface area contributed by atoms with Gasteiger partial charge in [0.1, 0.15) is 28.1 Å². The van der Waals surface area contributed by atoms with Crippen LogP contribution in [0.3, 0.4) is 0 Å². The number of amides is 1. The molecular weight excluding hydrogens is 407 g/mol. The number of hydrogen-bond donors (Lipinski definition) is 1. The fraction of sp³-hybridized carbons (Fsp3) is 0.273. The Morgan fingerprint density at radius 3 is 2.60 bits per heavy atom. The van der Waals surface area contributed by atoms with Gasteiger partial charge >= 0.3 is 0 Å². The van der Waals surface area contributed by atoms with Crippen LogP contribution in [-0.4, -0.2) is 35.7 Å². The fourth-order valence-electron chi connectivity index (χ4n) is 3.79. The maximum absolute atomic E-state index is 13.4. The first-order valence-corrected chi connectivity index (χ1v) is 11.1. The van der Waals surface area contributed by atoms with E-state index in [-0.39, 0.29) is 28.9 Å². The van der Waals surface area contributed by atoms with E-state index in [1.54, 1.807) is 22.7 Å². The van der Waals surface area contributed by atoms with Crippen molar-refractivity contribution in [3.05, 3.63) is 53.3 Å². The molecule has 2 heterocycles. The van der Waals surface area contributed by atoms with E-state index in [0.29, 0.717) is 40.7 Å². The Morgan fingerprint density at radius 1 is 1.27 bits per heavy atom. The Balaban J connectivity index is 2.03. The van der Waals surface area contributed by atoms with Gasteiger partial charge in [-0.15, -0.1) is 0 Å². The molecule has 4 rings (SSSR count). The van der Waals surface area contributed by atoms with Crippen molar-refractivity contribution >= 4 is 39.3 Å². The molecule has 0 saturated heterocycles. The maximum Gasteiger partial charge on any atom is 0.255 e. The third kappa shape index (κ3) is 3.31. The van der Waals surface area contributed by atoms with Gasteiger partial charge in [-0.2, -0.15) is 0 Å². The lowest BCUT2D eigenvalue weighted by Crippen LogP contribution is -2.26. The summed E-state index contributed by atoms with van der Waals surface area (Å²) in [5, 5.41) is 3.09. The van der Waals surface area contributed by atoms with Crippen LogP contribution in [0.2, 0.25) is 0 Å². The van der Waals surface area contributed by atoms with Gasteiger partial charge < -0.3 is 9.73 Å². The Bertz CT molecular complexity index is 1190. The molecule has 0 spiro atoms. The van der Waals surface area contributed by atoms with Gasteiger partial charge in [-0.25, -0.2) is 8.60 Å². The number of anilines is 1. The Labute approximate surface area is 175 Å². The van der Waals surface area contributed by atoms with E-state index in [2.05, 4.69) is 5.32 Å². The molecule has 1 aliphatic rings. The summed E-state index contributed by atoms with van der Waals surface area (Å²) in [7, 11) is 0.182. The summed E-state index contributed by atoms with van der Waals surface area (Å²) >= 11 is 0. The molecule has 3 aromatic rings. The molecule has 0 radical (unpaired) electrons. The van der Waals surface area contributed by atoms with E-state index in [1.165, 1.54) is 31.3 Å². The zero-order chi connectivity index (χ0) is 21.6. The average molecular weight is 428 g/mol. The SMILES string of the molecule is CNC(=O)c1c(-c2ccc(F)cc2)oc2cc3c(cc12)C(=O)C(C)CCN3S(C)=O. The highest BCUT2D eigenvalue weighted by atomic mass is 32.2. The van der Waals surface area contributed by atoms with E-state index in [4.69, 9.17) is 4.42 Å². The number of halogens is 1. The van der Waals surface area contributed by atoms with Crippen LogP contribution in [0.4, 0.5) is 10.1 Å². The van der Waals surface area contributed by atoms with Crippen molar-refractivity contribution in [3.63, 3.8) is 0 Å². The van der Waals surface area contributed by atoms with E-state index < -0.39 is 16.8 Å². The van der Waals surface area contributed by atoms with Crippen molar-refractivity contribution in [1.29, 1.82) is 0 Å². The number of benzene rings is 2. The van der Waals surface area contributed by atoms with Crippen LogP contribution >= 0.6 is 0 Å². The summed E-state index contributed by atoms with van der Waals surface area (Å²) in [5.74, 6) is -0.787. The molecule has 8 heteroatoms. The van der Waals surface area contributed by atoms with Crippen molar-refractivity contribution in [2.75, 3.05) is 24.2 Å². The van der Waals surface area contributed by atoms with Gasteiger partial charge in [0.05, 0.1) is 11.3 Å². The van der Waals surface area contributed by atoms with Crippen LogP contribution in [0.15, 0.2) is 40.8 Å². The summed E-state index contributed by atoms with van der Waals surface area (Å²) in [6.45, 7) is 2.32. The Morgan fingerprint density at radius 2 is 1.97 bits per heavy atom. The number of nitrogens with zero attached hydrogens (tertiary/aromatic N) is 1. The van der Waals surface area contributed by atoms with E-state index in [9.17, 15) is 18.2 Å². The fourth-order valence-corrected chi connectivity index (χ4v) is 4.58. The molecular formula is C22H21FN2O4S. The summed E-state index contributed by atoms with van der Waals surface area (Å²) in [5.41, 5.74) is 2.15. The van der Waals surface area contributed by atoms with Crippen molar-refractivity contribution in [1.82, 2.24) is 5.32 Å². The second-order valence-corrected chi connectivity index (χ2v) is 8.63. The number of furan rings is 1. The summed E-state index contributed by atoms with van der Waals surface area (Å²) < 4.78 is 33.4. The summed E-state index contributed by atoms with van der Waals surface area (Å²) in [4.78, 5) is 25.7. The van der Waals surface area contributed by atoms with Crippen LogP contribution in [0, 0.1) is 11.7 Å². The molecule has 2 unspecified atom stereocenters. The lowest BCUT2D eigenvalue weighted by atomic mass is 9.95. The number of fused-ring (bicyclic) bond motifs is 2. The molecule has 0 bridgehead atoms. The van der Waals surface area contributed by atoms with Crippen LogP contribution in [0.1, 0.15) is 34.1 Å². The zero-order valence-corrected chi connectivity index (χ0v) is 17.6. The number of hydrogen-bond acceptors (Lipinski definition) is 4. The first kappa shape index (κ1) is 20.3. The average Bonchev–Trinajstić information content (AvgIpc) is 3.05. The first-order chi connectivity index (χ1) is 14.3. The topological polar surface area (TPSA) is 79.6 Å². The number of rotatable bonds is 3. The van der Waals surface area contributed by atoms with Crippen LogP contribution < -0.4 is 9.62 Å². The molecule has 2 aromatic carbocycles. The van der Waals surface area contributed by atoms with Gasteiger partial charge in [0, 0.05) is 48.3 Å². The lowest BCUT2D eigenvalue weighted by molar-refractivity contribution is 0.0927. The number of ketones is 1. The molecule has 2 atom stereocenters. The summed E-state index contributed by atoms with van der Waals surface area (Å²) in [6.07, 6.45) is 2.15. The van der Waals surface area contributed by atoms with Crippen molar-refractivity contribution in [3.8, 4) is 11.3 Å². The third-order valence-electron chi connectivity index (χ3n) is 5.42.